The van der Waals surface area contributed by atoms with Crippen LogP contribution in [0.1, 0.15) is 31.7 Å². The summed E-state index contributed by atoms with van der Waals surface area (Å²) in [6.45, 7) is 0.858. The maximum atomic E-state index is 12.3. The van der Waals surface area contributed by atoms with Crippen molar-refractivity contribution >= 4 is 0 Å². The summed E-state index contributed by atoms with van der Waals surface area (Å²) in [7, 11) is 1.43. The second kappa shape index (κ2) is 8.69. The van der Waals surface area contributed by atoms with Gasteiger partial charge in [-0.25, -0.2) is 0 Å². The van der Waals surface area contributed by atoms with Crippen LogP contribution in [0.5, 0.6) is 11.5 Å². The van der Waals surface area contributed by atoms with Crippen LogP contribution in [-0.4, -0.2) is 20.3 Å². The summed E-state index contributed by atoms with van der Waals surface area (Å²) in [6.07, 6.45) is 3.49. The highest BCUT2D eigenvalue weighted by Crippen LogP contribution is 2.29. The molecule has 0 aliphatic rings. The summed E-state index contributed by atoms with van der Waals surface area (Å²) in [6, 6.07) is 5.06. The summed E-state index contributed by atoms with van der Waals surface area (Å²) in [5, 5.41) is 3.27. The van der Waals surface area contributed by atoms with E-state index < -0.39 is 6.61 Å². The Kier molecular flexibility index (Phi) is 7.18. The molecular formula is C14H21F2NO2. The van der Waals surface area contributed by atoms with Crippen molar-refractivity contribution in [3.05, 3.63) is 23.8 Å². The highest BCUT2D eigenvalue weighted by Gasteiger charge is 2.11. The molecule has 0 aromatic heterocycles. The number of alkyl halides is 2. The number of methoxy groups -OCH3 is 1. The molecule has 0 aliphatic carbocycles. The number of unbranched alkanes of at least 4 members (excludes halogenated alkanes) is 2. The first kappa shape index (κ1) is 15.7. The first-order valence-corrected chi connectivity index (χ1v) is 6.49. The predicted octanol–water partition coefficient (Wildman–Crippen LogP) is 3.58. The highest BCUT2D eigenvalue weighted by atomic mass is 19.3. The molecule has 0 atom stereocenters. The van der Waals surface area contributed by atoms with Crippen molar-refractivity contribution in [2.24, 2.45) is 0 Å². The fourth-order valence-corrected chi connectivity index (χ4v) is 1.75. The lowest BCUT2D eigenvalue weighted by Gasteiger charge is -2.12. The zero-order valence-corrected chi connectivity index (χ0v) is 11.4. The molecule has 1 aromatic rings. The number of nitrogens with one attached hydrogen (secondary N) is 1. The molecule has 0 fully saturated rings. The molecule has 0 bridgehead atoms. The third-order valence-corrected chi connectivity index (χ3v) is 2.73. The highest BCUT2D eigenvalue weighted by molar-refractivity contribution is 5.42. The van der Waals surface area contributed by atoms with Crippen LogP contribution in [0.15, 0.2) is 18.2 Å². The molecule has 3 nitrogen and oxygen atoms in total. The van der Waals surface area contributed by atoms with Crippen molar-refractivity contribution in [1.82, 2.24) is 5.32 Å². The average Bonchev–Trinajstić information content (AvgIpc) is 2.38. The lowest BCUT2D eigenvalue weighted by molar-refractivity contribution is -0.0512. The minimum Gasteiger partial charge on any atom is -0.493 e. The summed E-state index contributed by atoms with van der Waals surface area (Å²) in [5.74, 6) is 0.389. The third kappa shape index (κ3) is 5.87. The number of hydrogen-bond acceptors (Lipinski definition) is 3. The van der Waals surface area contributed by atoms with E-state index >= 15 is 0 Å². The molecule has 0 aliphatic heterocycles. The van der Waals surface area contributed by atoms with E-state index in [1.54, 1.807) is 12.1 Å². The van der Waals surface area contributed by atoms with Crippen LogP contribution in [-0.2, 0) is 6.54 Å². The quantitative estimate of drug-likeness (QED) is 0.698. The smallest absolute Gasteiger partial charge is 0.387 e. The second-order valence-corrected chi connectivity index (χ2v) is 4.25. The summed E-state index contributed by atoms with van der Waals surface area (Å²) in [5.41, 5.74) is 0.896. The van der Waals surface area contributed by atoms with Crippen LogP contribution in [0.3, 0.4) is 0 Å². The van der Waals surface area contributed by atoms with Gasteiger partial charge in [-0.2, -0.15) is 8.78 Å². The molecule has 1 N–H and O–H groups in total. The fraction of sp³-hybridized carbons (Fsp3) is 0.571. The van der Waals surface area contributed by atoms with Crippen LogP contribution in [0.2, 0.25) is 0 Å². The largest absolute Gasteiger partial charge is 0.493 e. The summed E-state index contributed by atoms with van der Waals surface area (Å²) >= 11 is 0. The van der Waals surface area contributed by atoms with E-state index in [-0.39, 0.29) is 5.75 Å². The average molecular weight is 273 g/mol. The molecule has 0 saturated carbocycles. The van der Waals surface area contributed by atoms with Gasteiger partial charge in [-0.3, -0.25) is 0 Å². The molecule has 0 amide bonds. The second-order valence-electron chi connectivity index (χ2n) is 4.25. The standard InChI is InChI=1S/C14H21F2NO2/c1-3-4-5-8-17-10-11-6-7-12(18-2)13(9-11)19-14(15)16/h6-7,9,14,17H,3-5,8,10H2,1-2H3. The lowest BCUT2D eigenvalue weighted by atomic mass is 10.2. The van der Waals surface area contributed by atoms with E-state index in [0.717, 1.165) is 18.5 Å². The summed E-state index contributed by atoms with van der Waals surface area (Å²) < 4.78 is 33.9. The minimum absolute atomic E-state index is 0.0744. The third-order valence-electron chi connectivity index (χ3n) is 2.73. The van der Waals surface area contributed by atoms with E-state index in [0.29, 0.717) is 12.3 Å². The molecule has 1 rings (SSSR count). The van der Waals surface area contributed by atoms with Gasteiger partial charge in [0.15, 0.2) is 11.5 Å². The van der Waals surface area contributed by atoms with Gasteiger partial charge >= 0.3 is 6.61 Å². The van der Waals surface area contributed by atoms with Crippen LogP contribution < -0.4 is 14.8 Å². The van der Waals surface area contributed by atoms with Gasteiger partial charge < -0.3 is 14.8 Å². The summed E-state index contributed by atoms with van der Waals surface area (Å²) in [4.78, 5) is 0. The Morgan fingerprint density at radius 3 is 2.63 bits per heavy atom. The van der Waals surface area contributed by atoms with E-state index in [4.69, 9.17) is 4.74 Å². The van der Waals surface area contributed by atoms with Gasteiger partial charge in [0.25, 0.3) is 0 Å². The molecule has 108 valence electrons. The van der Waals surface area contributed by atoms with Gasteiger partial charge in [0, 0.05) is 6.54 Å². The zero-order valence-electron chi connectivity index (χ0n) is 11.4. The molecule has 5 heteroatoms. The van der Waals surface area contributed by atoms with Crippen molar-refractivity contribution in [3.63, 3.8) is 0 Å². The van der Waals surface area contributed by atoms with E-state index in [9.17, 15) is 8.78 Å². The van der Waals surface area contributed by atoms with E-state index in [1.807, 2.05) is 6.07 Å². The Balaban J connectivity index is 2.54. The van der Waals surface area contributed by atoms with Crippen molar-refractivity contribution < 1.29 is 18.3 Å². The maximum absolute atomic E-state index is 12.3. The van der Waals surface area contributed by atoms with Crippen molar-refractivity contribution in [3.8, 4) is 11.5 Å². The number of hydrogen-bond donors (Lipinski definition) is 1. The molecule has 0 saturated heterocycles. The van der Waals surface area contributed by atoms with Crippen LogP contribution in [0.4, 0.5) is 8.78 Å². The molecule has 1 aromatic carbocycles. The fourth-order valence-electron chi connectivity index (χ4n) is 1.75. The van der Waals surface area contributed by atoms with Crippen molar-refractivity contribution in [1.29, 1.82) is 0 Å². The van der Waals surface area contributed by atoms with E-state index in [2.05, 4.69) is 17.0 Å². The van der Waals surface area contributed by atoms with Crippen LogP contribution in [0, 0.1) is 0 Å². The van der Waals surface area contributed by atoms with Crippen LogP contribution in [0.25, 0.3) is 0 Å². The Morgan fingerprint density at radius 1 is 1.21 bits per heavy atom. The molecule has 19 heavy (non-hydrogen) atoms. The van der Waals surface area contributed by atoms with Crippen molar-refractivity contribution in [2.45, 2.75) is 39.3 Å². The Bertz CT molecular complexity index is 372. The van der Waals surface area contributed by atoms with Crippen molar-refractivity contribution in [2.75, 3.05) is 13.7 Å². The Labute approximate surface area is 112 Å². The lowest BCUT2D eigenvalue weighted by Crippen LogP contribution is -2.14. The Hall–Kier alpha value is -1.36. The Morgan fingerprint density at radius 2 is 2.00 bits per heavy atom. The number of benzene rings is 1. The molecule has 0 heterocycles. The first-order chi connectivity index (χ1) is 9.17. The zero-order chi connectivity index (χ0) is 14.1. The van der Waals surface area contributed by atoms with Gasteiger partial charge in [-0.1, -0.05) is 25.8 Å². The van der Waals surface area contributed by atoms with Crippen LogP contribution >= 0.6 is 0 Å². The van der Waals surface area contributed by atoms with E-state index in [1.165, 1.54) is 20.0 Å². The SMILES string of the molecule is CCCCCNCc1ccc(OC)c(OC(F)F)c1. The number of halogens is 2. The van der Waals surface area contributed by atoms with Gasteiger partial charge in [-0.05, 0) is 30.7 Å². The molecule has 0 radical (unpaired) electrons. The van der Waals surface area contributed by atoms with Gasteiger partial charge in [-0.15, -0.1) is 0 Å². The monoisotopic (exact) mass is 273 g/mol. The molecular weight excluding hydrogens is 252 g/mol. The van der Waals surface area contributed by atoms with Gasteiger partial charge in [0.2, 0.25) is 0 Å². The van der Waals surface area contributed by atoms with Gasteiger partial charge in [0.1, 0.15) is 0 Å². The maximum Gasteiger partial charge on any atom is 0.387 e. The molecule has 0 spiro atoms. The normalized spacial score (nSPS) is 10.8. The number of ether oxygens (including phenoxy) is 2. The predicted molar refractivity (Wildman–Crippen MR) is 70.9 cm³/mol. The van der Waals surface area contributed by atoms with Gasteiger partial charge in [0.05, 0.1) is 7.11 Å². The first-order valence-electron chi connectivity index (χ1n) is 6.49. The topological polar surface area (TPSA) is 30.5 Å². The minimum atomic E-state index is -2.85. The number of rotatable bonds is 9. The molecule has 0 unspecified atom stereocenters.